The molecule has 0 amide bonds. The fraction of sp³-hybridized carbons (Fsp3) is 0.480. The summed E-state index contributed by atoms with van der Waals surface area (Å²) < 4.78 is 0. The predicted octanol–water partition coefficient (Wildman–Crippen LogP) is 6.97. The SMILES string of the molecule is CCC=CC1(C2CCC(C)C=C2c2ncc3ccccc3c2C)CC1C. The number of rotatable bonds is 4. The Morgan fingerprint density at radius 2 is 1.96 bits per heavy atom. The monoisotopic (exact) mass is 345 g/mol. The van der Waals surface area contributed by atoms with E-state index in [-0.39, 0.29) is 0 Å². The average molecular weight is 346 g/mol. The highest BCUT2D eigenvalue weighted by Gasteiger charge is 2.55. The Morgan fingerprint density at radius 1 is 1.19 bits per heavy atom. The van der Waals surface area contributed by atoms with Gasteiger partial charge in [0.05, 0.1) is 5.69 Å². The molecule has 0 saturated heterocycles. The zero-order chi connectivity index (χ0) is 18.3. The van der Waals surface area contributed by atoms with E-state index in [4.69, 9.17) is 4.98 Å². The lowest BCUT2D eigenvalue weighted by Gasteiger charge is -2.34. The second-order valence-corrected chi connectivity index (χ2v) is 8.58. The number of nitrogens with zero attached hydrogens (tertiary/aromatic N) is 1. The van der Waals surface area contributed by atoms with Gasteiger partial charge in [0.25, 0.3) is 0 Å². The molecule has 4 rings (SSSR count). The molecular formula is C25H31N. The van der Waals surface area contributed by atoms with Crippen LogP contribution in [-0.4, -0.2) is 4.98 Å². The molecule has 1 aromatic heterocycles. The number of aromatic nitrogens is 1. The molecule has 1 saturated carbocycles. The molecule has 1 heteroatoms. The second kappa shape index (κ2) is 6.68. The summed E-state index contributed by atoms with van der Waals surface area (Å²) in [5.41, 5.74) is 4.46. The van der Waals surface area contributed by atoms with Crippen LogP contribution in [0.4, 0.5) is 0 Å². The van der Waals surface area contributed by atoms with E-state index in [0.717, 1.165) is 12.3 Å². The fourth-order valence-electron chi connectivity index (χ4n) is 5.14. The molecule has 0 spiro atoms. The van der Waals surface area contributed by atoms with Crippen LogP contribution in [0.15, 0.2) is 48.7 Å². The molecule has 4 unspecified atom stereocenters. The molecule has 2 aliphatic carbocycles. The zero-order valence-corrected chi connectivity index (χ0v) is 16.6. The summed E-state index contributed by atoms with van der Waals surface area (Å²) in [6.07, 6.45) is 14.6. The molecule has 1 aromatic carbocycles. The summed E-state index contributed by atoms with van der Waals surface area (Å²) in [4.78, 5) is 4.97. The summed E-state index contributed by atoms with van der Waals surface area (Å²) in [5.74, 6) is 2.05. The van der Waals surface area contributed by atoms with Crippen molar-refractivity contribution < 1.29 is 0 Å². The predicted molar refractivity (Wildman–Crippen MR) is 112 cm³/mol. The lowest BCUT2D eigenvalue weighted by atomic mass is 9.71. The Morgan fingerprint density at radius 3 is 2.69 bits per heavy atom. The van der Waals surface area contributed by atoms with Crippen LogP contribution in [0.2, 0.25) is 0 Å². The third-order valence-electron chi connectivity index (χ3n) is 6.81. The minimum atomic E-state index is 0.363. The average Bonchev–Trinajstić information content (AvgIpc) is 3.31. The number of aryl methyl sites for hydroxylation is 1. The molecule has 4 atom stereocenters. The Bertz CT molecular complexity index is 875. The number of fused-ring (bicyclic) bond motifs is 1. The van der Waals surface area contributed by atoms with Gasteiger partial charge in [0, 0.05) is 11.6 Å². The minimum Gasteiger partial charge on any atom is -0.256 e. The molecule has 2 aliphatic rings. The van der Waals surface area contributed by atoms with Crippen LogP contribution >= 0.6 is 0 Å². The first-order valence-electron chi connectivity index (χ1n) is 10.3. The highest BCUT2D eigenvalue weighted by atomic mass is 14.7. The van der Waals surface area contributed by atoms with Gasteiger partial charge in [-0.05, 0) is 72.3 Å². The molecule has 26 heavy (non-hydrogen) atoms. The molecule has 0 radical (unpaired) electrons. The van der Waals surface area contributed by atoms with Crippen LogP contribution in [0, 0.1) is 30.1 Å². The van der Waals surface area contributed by atoms with Crippen molar-refractivity contribution in [2.24, 2.45) is 23.2 Å². The van der Waals surface area contributed by atoms with E-state index in [2.05, 4.69) is 76.4 Å². The second-order valence-electron chi connectivity index (χ2n) is 8.58. The van der Waals surface area contributed by atoms with Gasteiger partial charge in [0.15, 0.2) is 0 Å². The van der Waals surface area contributed by atoms with E-state index in [1.165, 1.54) is 46.9 Å². The highest BCUT2D eigenvalue weighted by molar-refractivity contribution is 5.88. The van der Waals surface area contributed by atoms with Crippen molar-refractivity contribution in [2.75, 3.05) is 0 Å². The molecule has 0 bridgehead atoms. The summed E-state index contributed by atoms with van der Waals surface area (Å²) in [6, 6.07) is 8.65. The van der Waals surface area contributed by atoms with Gasteiger partial charge in [-0.3, -0.25) is 4.98 Å². The van der Waals surface area contributed by atoms with E-state index in [1.807, 2.05) is 0 Å². The van der Waals surface area contributed by atoms with Gasteiger partial charge in [-0.15, -0.1) is 0 Å². The van der Waals surface area contributed by atoms with Crippen molar-refractivity contribution in [1.82, 2.24) is 4.98 Å². The van der Waals surface area contributed by atoms with Crippen molar-refractivity contribution in [1.29, 1.82) is 0 Å². The van der Waals surface area contributed by atoms with Gasteiger partial charge in [-0.25, -0.2) is 0 Å². The van der Waals surface area contributed by atoms with Crippen LogP contribution in [0.25, 0.3) is 16.3 Å². The van der Waals surface area contributed by atoms with E-state index in [9.17, 15) is 0 Å². The maximum atomic E-state index is 4.97. The van der Waals surface area contributed by atoms with Gasteiger partial charge < -0.3 is 0 Å². The fourth-order valence-corrected chi connectivity index (χ4v) is 5.14. The van der Waals surface area contributed by atoms with E-state index in [1.54, 1.807) is 0 Å². The van der Waals surface area contributed by atoms with E-state index >= 15 is 0 Å². The summed E-state index contributed by atoms with van der Waals surface area (Å²) in [7, 11) is 0. The van der Waals surface area contributed by atoms with Crippen molar-refractivity contribution in [3.05, 3.63) is 59.9 Å². The maximum Gasteiger partial charge on any atom is 0.0697 e. The highest BCUT2D eigenvalue weighted by Crippen LogP contribution is 2.64. The summed E-state index contributed by atoms with van der Waals surface area (Å²) in [5, 5.41) is 2.59. The molecule has 0 aliphatic heterocycles. The standard InChI is InChI=1S/C25H31N/c1-5-6-13-25(15-18(25)3)23-12-11-17(2)14-22(23)24-19(4)21-10-8-7-9-20(21)16-26-24/h6-10,13-14,16-18,23H,5,11-12,15H2,1-4H3. The van der Waals surface area contributed by atoms with Crippen molar-refractivity contribution >= 4 is 16.3 Å². The van der Waals surface area contributed by atoms with Gasteiger partial charge in [-0.2, -0.15) is 0 Å². The van der Waals surface area contributed by atoms with Crippen LogP contribution in [-0.2, 0) is 0 Å². The molecule has 1 heterocycles. The van der Waals surface area contributed by atoms with Crippen LogP contribution in [0.3, 0.4) is 0 Å². The number of pyridine rings is 1. The summed E-state index contributed by atoms with van der Waals surface area (Å²) in [6.45, 7) is 9.28. The van der Waals surface area contributed by atoms with Crippen molar-refractivity contribution in [3.8, 4) is 0 Å². The van der Waals surface area contributed by atoms with Crippen molar-refractivity contribution in [2.45, 2.75) is 53.4 Å². The number of hydrogen-bond acceptors (Lipinski definition) is 1. The summed E-state index contributed by atoms with van der Waals surface area (Å²) >= 11 is 0. The Labute approximate surface area is 158 Å². The maximum absolute atomic E-state index is 4.97. The van der Waals surface area contributed by atoms with Gasteiger partial charge in [0.1, 0.15) is 0 Å². The molecule has 0 N–H and O–H groups in total. The first kappa shape index (κ1) is 17.5. The van der Waals surface area contributed by atoms with Crippen molar-refractivity contribution in [3.63, 3.8) is 0 Å². The normalized spacial score (nSPS) is 31.4. The zero-order valence-electron chi connectivity index (χ0n) is 16.6. The topological polar surface area (TPSA) is 12.9 Å². The van der Waals surface area contributed by atoms with Gasteiger partial charge in [0.2, 0.25) is 0 Å². The first-order chi connectivity index (χ1) is 12.6. The Kier molecular flexibility index (Phi) is 4.50. The Balaban J connectivity index is 1.82. The molecule has 136 valence electrons. The van der Waals surface area contributed by atoms with Crippen LogP contribution < -0.4 is 0 Å². The Hall–Kier alpha value is -1.89. The third kappa shape index (κ3) is 2.82. The largest absolute Gasteiger partial charge is 0.256 e. The minimum absolute atomic E-state index is 0.363. The molecule has 2 aromatic rings. The van der Waals surface area contributed by atoms with Crippen LogP contribution in [0.5, 0.6) is 0 Å². The molecule has 1 fully saturated rings. The smallest absolute Gasteiger partial charge is 0.0697 e. The lowest BCUT2D eigenvalue weighted by molar-refractivity contribution is 0.367. The van der Waals surface area contributed by atoms with E-state index in [0.29, 0.717) is 17.3 Å². The number of hydrogen-bond donors (Lipinski definition) is 0. The molecular weight excluding hydrogens is 314 g/mol. The van der Waals surface area contributed by atoms with Gasteiger partial charge in [-0.1, -0.05) is 63.3 Å². The third-order valence-corrected chi connectivity index (χ3v) is 6.81. The van der Waals surface area contributed by atoms with Gasteiger partial charge >= 0.3 is 0 Å². The quantitative estimate of drug-likeness (QED) is 0.545. The number of benzene rings is 1. The number of allylic oxidation sites excluding steroid dienone is 4. The molecule has 1 nitrogen and oxygen atoms in total. The lowest BCUT2D eigenvalue weighted by Crippen LogP contribution is -2.23. The first-order valence-corrected chi connectivity index (χ1v) is 10.3. The van der Waals surface area contributed by atoms with Crippen LogP contribution in [0.1, 0.15) is 57.7 Å². The van der Waals surface area contributed by atoms with E-state index < -0.39 is 0 Å².